The maximum absolute atomic E-state index is 11.1. The van der Waals surface area contributed by atoms with Crippen molar-refractivity contribution >= 4 is 5.69 Å². The summed E-state index contributed by atoms with van der Waals surface area (Å²) < 4.78 is 0. The number of hydrogen-bond donors (Lipinski definition) is 1. The third-order valence-corrected chi connectivity index (χ3v) is 4.63. The van der Waals surface area contributed by atoms with Crippen LogP contribution in [0.5, 0.6) is 0 Å². The number of rotatable bonds is 5. The van der Waals surface area contributed by atoms with Crippen molar-refractivity contribution < 1.29 is 4.92 Å². The SMILES string of the molecule is CC(NCC1(C)CCN(C)CC1)c1ccccc1[N+](=O)[O-]. The van der Waals surface area contributed by atoms with Gasteiger partial charge in [-0.25, -0.2) is 0 Å². The molecule has 5 heteroatoms. The second kappa shape index (κ2) is 6.54. The van der Waals surface area contributed by atoms with Gasteiger partial charge in [-0.1, -0.05) is 25.1 Å². The Bertz CT molecular complexity index is 496. The molecule has 2 rings (SSSR count). The van der Waals surface area contributed by atoms with Crippen molar-refractivity contribution in [1.82, 2.24) is 10.2 Å². The minimum absolute atomic E-state index is 0.0110. The van der Waals surface area contributed by atoms with Crippen LogP contribution >= 0.6 is 0 Å². The van der Waals surface area contributed by atoms with E-state index in [1.807, 2.05) is 19.1 Å². The standard InChI is InChI=1S/C16H25N3O2/c1-13(14-6-4-5-7-15(14)19(20)21)17-12-16(2)8-10-18(3)11-9-16/h4-7,13,17H,8-12H2,1-3H3. The van der Waals surface area contributed by atoms with Crippen molar-refractivity contribution in [3.63, 3.8) is 0 Å². The highest BCUT2D eigenvalue weighted by molar-refractivity contribution is 5.41. The Morgan fingerprint density at radius 1 is 1.38 bits per heavy atom. The normalized spacial score (nSPS) is 20.1. The molecule has 1 aromatic rings. The molecule has 1 aliphatic heterocycles. The summed E-state index contributed by atoms with van der Waals surface area (Å²) in [5.41, 5.74) is 1.25. The first-order valence-electron chi connectivity index (χ1n) is 7.56. The van der Waals surface area contributed by atoms with E-state index in [9.17, 15) is 10.1 Å². The Kier molecular flexibility index (Phi) is 4.96. The van der Waals surface area contributed by atoms with Gasteiger partial charge < -0.3 is 10.2 Å². The van der Waals surface area contributed by atoms with Gasteiger partial charge in [0.15, 0.2) is 0 Å². The number of nitro groups is 1. The number of nitrogens with one attached hydrogen (secondary N) is 1. The average Bonchev–Trinajstić information content (AvgIpc) is 2.48. The molecule has 1 saturated heterocycles. The number of para-hydroxylation sites is 1. The Morgan fingerprint density at radius 3 is 2.62 bits per heavy atom. The largest absolute Gasteiger partial charge is 0.309 e. The van der Waals surface area contributed by atoms with Gasteiger partial charge >= 0.3 is 0 Å². The van der Waals surface area contributed by atoms with Crippen molar-refractivity contribution in [3.05, 3.63) is 39.9 Å². The van der Waals surface area contributed by atoms with Crippen LogP contribution in [0.4, 0.5) is 5.69 Å². The summed E-state index contributed by atoms with van der Waals surface area (Å²) in [6.07, 6.45) is 2.33. The molecule has 1 fully saturated rings. The molecule has 0 aliphatic carbocycles. The Labute approximate surface area is 126 Å². The lowest BCUT2D eigenvalue weighted by atomic mass is 9.80. The summed E-state index contributed by atoms with van der Waals surface area (Å²) in [5.74, 6) is 0. The fraction of sp³-hybridized carbons (Fsp3) is 0.625. The summed E-state index contributed by atoms with van der Waals surface area (Å²) in [6, 6.07) is 6.98. The van der Waals surface area contributed by atoms with E-state index in [4.69, 9.17) is 0 Å². The lowest BCUT2D eigenvalue weighted by molar-refractivity contribution is -0.385. The fourth-order valence-electron chi connectivity index (χ4n) is 2.86. The van der Waals surface area contributed by atoms with E-state index in [1.54, 1.807) is 12.1 Å². The van der Waals surface area contributed by atoms with Crippen molar-refractivity contribution in [1.29, 1.82) is 0 Å². The van der Waals surface area contributed by atoms with Crippen LogP contribution in [0.25, 0.3) is 0 Å². The van der Waals surface area contributed by atoms with E-state index >= 15 is 0 Å². The number of benzene rings is 1. The van der Waals surface area contributed by atoms with Crippen LogP contribution in [0.15, 0.2) is 24.3 Å². The molecule has 0 spiro atoms. The Hall–Kier alpha value is -1.46. The summed E-state index contributed by atoms with van der Waals surface area (Å²) in [5, 5.41) is 14.6. The zero-order valence-electron chi connectivity index (χ0n) is 13.1. The Morgan fingerprint density at radius 2 is 2.00 bits per heavy atom. The highest BCUT2D eigenvalue weighted by atomic mass is 16.6. The van der Waals surface area contributed by atoms with Gasteiger partial charge in [0.1, 0.15) is 0 Å². The molecule has 0 amide bonds. The summed E-state index contributed by atoms with van der Waals surface area (Å²) in [7, 11) is 2.16. The number of piperidine rings is 1. The van der Waals surface area contributed by atoms with E-state index in [0.29, 0.717) is 0 Å². The zero-order chi connectivity index (χ0) is 15.5. The highest BCUT2D eigenvalue weighted by Crippen LogP contribution is 2.31. The van der Waals surface area contributed by atoms with Gasteiger partial charge in [0.25, 0.3) is 5.69 Å². The van der Waals surface area contributed by atoms with E-state index in [2.05, 4.69) is 24.2 Å². The number of nitrogens with zero attached hydrogens (tertiary/aromatic N) is 2. The van der Waals surface area contributed by atoms with Gasteiger partial charge in [0.2, 0.25) is 0 Å². The minimum atomic E-state index is -0.301. The summed E-state index contributed by atoms with van der Waals surface area (Å²) >= 11 is 0. The monoisotopic (exact) mass is 291 g/mol. The second-order valence-corrected chi connectivity index (χ2v) is 6.53. The molecule has 5 nitrogen and oxygen atoms in total. The molecular weight excluding hydrogens is 266 g/mol. The van der Waals surface area contributed by atoms with Gasteiger partial charge in [0.05, 0.1) is 4.92 Å². The molecule has 1 atom stereocenters. The smallest absolute Gasteiger partial charge is 0.274 e. The number of likely N-dealkylation sites (tertiary alicyclic amines) is 1. The highest BCUT2D eigenvalue weighted by Gasteiger charge is 2.29. The molecule has 0 bridgehead atoms. The third kappa shape index (κ3) is 4.02. The van der Waals surface area contributed by atoms with Crippen LogP contribution in [-0.2, 0) is 0 Å². The molecule has 116 valence electrons. The predicted octanol–water partition coefficient (Wildman–Crippen LogP) is 2.98. The first-order chi connectivity index (χ1) is 9.91. The van der Waals surface area contributed by atoms with Crippen molar-refractivity contribution in [3.8, 4) is 0 Å². The molecule has 21 heavy (non-hydrogen) atoms. The molecule has 1 aliphatic rings. The molecule has 0 aromatic heterocycles. The van der Waals surface area contributed by atoms with Crippen LogP contribution in [0.2, 0.25) is 0 Å². The van der Waals surface area contributed by atoms with Crippen LogP contribution < -0.4 is 5.32 Å². The van der Waals surface area contributed by atoms with Crippen molar-refractivity contribution in [2.24, 2.45) is 5.41 Å². The van der Waals surface area contributed by atoms with Crippen LogP contribution in [0, 0.1) is 15.5 Å². The van der Waals surface area contributed by atoms with E-state index < -0.39 is 0 Å². The van der Waals surface area contributed by atoms with Crippen LogP contribution in [0.3, 0.4) is 0 Å². The van der Waals surface area contributed by atoms with Crippen molar-refractivity contribution in [2.45, 2.75) is 32.7 Å². The molecule has 0 radical (unpaired) electrons. The zero-order valence-corrected chi connectivity index (χ0v) is 13.1. The molecule has 1 aromatic carbocycles. The second-order valence-electron chi connectivity index (χ2n) is 6.53. The first-order valence-corrected chi connectivity index (χ1v) is 7.56. The van der Waals surface area contributed by atoms with Gasteiger partial charge in [-0.2, -0.15) is 0 Å². The Balaban J connectivity index is 1.99. The lowest BCUT2D eigenvalue weighted by Gasteiger charge is -2.38. The molecule has 1 unspecified atom stereocenters. The third-order valence-electron chi connectivity index (χ3n) is 4.63. The maximum atomic E-state index is 11.1. The van der Waals surface area contributed by atoms with Gasteiger partial charge in [-0.15, -0.1) is 0 Å². The van der Waals surface area contributed by atoms with E-state index in [0.717, 1.165) is 25.2 Å². The molecular formula is C16H25N3O2. The lowest BCUT2D eigenvalue weighted by Crippen LogP contribution is -2.42. The number of nitro benzene ring substituents is 1. The summed E-state index contributed by atoms with van der Waals surface area (Å²) in [4.78, 5) is 13.2. The molecule has 0 saturated carbocycles. The van der Waals surface area contributed by atoms with Crippen molar-refractivity contribution in [2.75, 3.05) is 26.7 Å². The minimum Gasteiger partial charge on any atom is -0.309 e. The van der Waals surface area contributed by atoms with Gasteiger partial charge in [-0.05, 0) is 45.3 Å². The first kappa shape index (κ1) is 15.9. The van der Waals surface area contributed by atoms with E-state index in [-0.39, 0.29) is 22.1 Å². The molecule has 1 heterocycles. The predicted molar refractivity (Wildman–Crippen MR) is 84.4 cm³/mol. The van der Waals surface area contributed by atoms with Crippen LogP contribution in [-0.4, -0.2) is 36.5 Å². The van der Waals surface area contributed by atoms with Crippen LogP contribution in [0.1, 0.15) is 38.3 Å². The average molecular weight is 291 g/mol. The quantitative estimate of drug-likeness (QED) is 0.669. The molecule has 1 N–H and O–H groups in total. The maximum Gasteiger partial charge on any atom is 0.274 e. The fourth-order valence-corrected chi connectivity index (χ4v) is 2.86. The number of hydrogen-bond acceptors (Lipinski definition) is 4. The van der Waals surface area contributed by atoms with Gasteiger partial charge in [-0.3, -0.25) is 10.1 Å². The topological polar surface area (TPSA) is 58.4 Å². The van der Waals surface area contributed by atoms with E-state index in [1.165, 1.54) is 12.8 Å². The van der Waals surface area contributed by atoms with Gasteiger partial charge in [0, 0.05) is 24.2 Å². The summed E-state index contributed by atoms with van der Waals surface area (Å²) in [6.45, 7) is 7.45.